The van der Waals surface area contributed by atoms with Crippen molar-refractivity contribution in [1.29, 1.82) is 0 Å². The van der Waals surface area contributed by atoms with E-state index in [9.17, 15) is 9.59 Å². The van der Waals surface area contributed by atoms with Gasteiger partial charge in [-0.15, -0.1) is 0 Å². The van der Waals surface area contributed by atoms with Gasteiger partial charge in [-0.25, -0.2) is 0 Å². The van der Waals surface area contributed by atoms with Crippen LogP contribution in [0.5, 0.6) is 0 Å². The van der Waals surface area contributed by atoms with Gasteiger partial charge < -0.3 is 71.5 Å². The zero-order valence-corrected chi connectivity index (χ0v) is 36.4. The highest BCUT2D eigenvalue weighted by atomic mass is 16.4. The first-order valence-electron chi connectivity index (χ1n) is 21.8. The molecule has 0 amide bonds. The van der Waals surface area contributed by atoms with Crippen LogP contribution in [0.4, 0.5) is 0 Å². The van der Waals surface area contributed by atoms with Crippen LogP contribution < -0.4 is 0 Å². The van der Waals surface area contributed by atoms with Crippen LogP contribution in [-0.2, 0) is 9.59 Å². The lowest BCUT2D eigenvalue weighted by Gasteiger charge is -2.03. The number of carbonyl (C=O) groups is 2. The number of aliphatic hydroxyl groups excluding tert-OH is 12. The normalized spacial score (nSPS) is 10.4. The fraction of sp³-hybridized carbons (Fsp3) is 0.952. The molecule has 0 aromatic heterocycles. The molecule has 0 saturated carbocycles. The van der Waals surface area contributed by atoms with E-state index in [1.165, 1.54) is 128 Å². The van der Waals surface area contributed by atoms with E-state index in [1.807, 2.05) is 0 Å². The lowest BCUT2D eigenvalue weighted by atomic mass is 10.0. The Kier molecular flexibility index (Phi) is 76.0. The summed E-state index contributed by atoms with van der Waals surface area (Å²) in [5.41, 5.74) is 0. The molecule has 0 aromatic carbocycles. The van der Waals surface area contributed by atoms with Gasteiger partial charge in [0.25, 0.3) is 0 Å². The van der Waals surface area contributed by atoms with Gasteiger partial charge in [0.05, 0.1) is 52.9 Å². The van der Waals surface area contributed by atoms with Crippen molar-refractivity contribution in [1.82, 2.24) is 0 Å². The maximum absolute atomic E-state index is 10.3. The largest absolute Gasteiger partial charge is 0.481 e. The second-order valence-corrected chi connectivity index (χ2v) is 14.1. The first-order chi connectivity index (χ1) is 27.8. The van der Waals surface area contributed by atoms with Crippen LogP contribution in [-0.4, -0.2) is 161 Å². The van der Waals surface area contributed by atoms with Crippen molar-refractivity contribution < 1.29 is 81.1 Å². The molecular weight excluding hydrogens is 760 g/mol. The van der Waals surface area contributed by atoms with Gasteiger partial charge in [0, 0.05) is 12.8 Å². The second-order valence-electron chi connectivity index (χ2n) is 14.1. The maximum Gasteiger partial charge on any atom is 0.303 e. The Morgan fingerprint density at radius 1 is 0.293 bits per heavy atom. The van der Waals surface area contributed by atoms with E-state index in [0.29, 0.717) is 12.8 Å². The summed E-state index contributed by atoms with van der Waals surface area (Å²) in [4.78, 5) is 20.5. The van der Waals surface area contributed by atoms with Crippen molar-refractivity contribution in [3.05, 3.63) is 0 Å². The number of hydrogen-bond donors (Lipinski definition) is 14. The maximum atomic E-state index is 10.3. The first-order valence-corrected chi connectivity index (χ1v) is 21.8. The van der Waals surface area contributed by atoms with E-state index in [4.69, 9.17) is 71.5 Å². The van der Waals surface area contributed by atoms with Crippen LogP contribution in [0.15, 0.2) is 0 Å². The number of aliphatic hydroxyl groups is 12. The molecular formula is C42H92O16. The van der Waals surface area contributed by atoms with Gasteiger partial charge in [-0.3, -0.25) is 9.59 Å². The van der Waals surface area contributed by atoms with E-state index in [2.05, 4.69) is 13.8 Å². The van der Waals surface area contributed by atoms with Gasteiger partial charge in [-0.2, -0.15) is 0 Å². The summed E-state index contributed by atoms with van der Waals surface area (Å²) in [7, 11) is 0. The number of carboxylic acid groups (broad SMARTS) is 2. The van der Waals surface area contributed by atoms with E-state index in [1.54, 1.807) is 0 Å². The van der Waals surface area contributed by atoms with Crippen molar-refractivity contribution in [2.75, 3.05) is 52.9 Å². The lowest BCUT2D eigenvalue weighted by Crippen LogP contribution is -2.15. The summed E-state index contributed by atoms with van der Waals surface area (Å²) in [6, 6.07) is 0. The molecule has 0 bridgehead atoms. The monoisotopic (exact) mass is 853 g/mol. The summed E-state index contributed by atoms with van der Waals surface area (Å²) in [6.07, 6.45) is 27.9. The predicted octanol–water partition coefficient (Wildman–Crippen LogP) is 3.65. The molecule has 0 aliphatic rings. The summed E-state index contributed by atoms with van der Waals surface area (Å²) in [6.45, 7) is 1.58. The Bertz CT molecular complexity index is 665. The van der Waals surface area contributed by atoms with Gasteiger partial charge in [-0.1, -0.05) is 155 Å². The highest BCUT2D eigenvalue weighted by molar-refractivity contribution is 5.66. The van der Waals surface area contributed by atoms with Crippen molar-refractivity contribution in [3.63, 3.8) is 0 Å². The quantitative estimate of drug-likeness (QED) is 0.0411. The Hall–Kier alpha value is -1.54. The molecule has 0 saturated heterocycles. The molecule has 0 aromatic rings. The van der Waals surface area contributed by atoms with E-state index >= 15 is 0 Å². The minimum atomic E-state index is -0.954. The van der Waals surface area contributed by atoms with Gasteiger partial charge >= 0.3 is 11.9 Å². The van der Waals surface area contributed by atoms with Crippen LogP contribution in [0.3, 0.4) is 0 Å². The molecule has 14 N–H and O–H groups in total. The summed E-state index contributed by atoms with van der Waals surface area (Å²) in [5, 5.41) is 113. The van der Waals surface area contributed by atoms with Crippen molar-refractivity contribution in [2.24, 2.45) is 0 Å². The van der Waals surface area contributed by atoms with Crippen LogP contribution in [0, 0.1) is 0 Å². The molecule has 0 atom stereocenters. The third kappa shape index (κ3) is 86.3. The van der Waals surface area contributed by atoms with E-state index < -0.39 is 36.4 Å². The highest BCUT2D eigenvalue weighted by Gasteiger charge is 1.99. The molecule has 0 fully saturated rings. The summed E-state index contributed by atoms with van der Waals surface area (Å²) >= 11 is 0. The van der Waals surface area contributed by atoms with Gasteiger partial charge in [0.2, 0.25) is 0 Å². The molecule has 16 nitrogen and oxygen atoms in total. The third-order valence-corrected chi connectivity index (χ3v) is 8.17. The topological polar surface area (TPSA) is 317 Å². The molecule has 356 valence electrons. The predicted molar refractivity (Wildman–Crippen MR) is 227 cm³/mol. The van der Waals surface area contributed by atoms with Crippen LogP contribution in [0.25, 0.3) is 0 Å². The minimum absolute atomic E-state index is 0.343. The molecule has 0 radical (unpaired) electrons. The number of hydrogen-bond acceptors (Lipinski definition) is 14. The molecule has 0 heterocycles. The van der Waals surface area contributed by atoms with Crippen LogP contribution >= 0.6 is 0 Å². The van der Waals surface area contributed by atoms with Crippen molar-refractivity contribution >= 4 is 11.9 Å². The molecule has 0 unspecified atom stereocenters. The van der Waals surface area contributed by atoms with Gasteiger partial charge in [0.15, 0.2) is 0 Å². The minimum Gasteiger partial charge on any atom is -0.481 e. The van der Waals surface area contributed by atoms with Gasteiger partial charge in [-0.05, 0) is 12.8 Å². The van der Waals surface area contributed by atoms with Gasteiger partial charge in [0.1, 0.15) is 24.4 Å². The Labute approximate surface area is 350 Å². The first kappa shape index (κ1) is 68.2. The van der Waals surface area contributed by atoms with Crippen molar-refractivity contribution in [3.8, 4) is 0 Å². The summed E-state index contributed by atoms with van der Waals surface area (Å²) < 4.78 is 0. The molecule has 0 aliphatic carbocycles. The Balaban J connectivity index is -0.000000153. The Morgan fingerprint density at radius 2 is 0.431 bits per heavy atom. The SMILES string of the molecule is CCCCCCCCCCCC(=O)O.CCCCCCCCCCCCCCCCCC(=O)O.OCC(O)CO.OCC(O)CO.OCC(O)CO.OCC(O)CO. The molecule has 0 rings (SSSR count). The molecule has 58 heavy (non-hydrogen) atoms. The number of unbranched alkanes of at least 4 members (excludes halogenated alkanes) is 22. The lowest BCUT2D eigenvalue weighted by molar-refractivity contribution is -0.138. The average Bonchev–Trinajstić information content (AvgIpc) is 3.24. The van der Waals surface area contributed by atoms with Crippen LogP contribution in [0.1, 0.15) is 181 Å². The highest BCUT2D eigenvalue weighted by Crippen LogP contribution is 2.14. The number of aliphatic carboxylic acids is 2. The van der Waals surface area contributed by atoms with E-state index in [0.717, 1.165) is 25.7 Å². The number of rotatable bonds is 34. The zero-order valence-electron chi connectivity index (χ0n) is 36.4. The molecule has 0 aliphatic heterocycles. The second kappa shape index (κ2) is 64.6. The standard InChI is InChI=1S/C18H36O2.C12H24O2.4C3H8O3/c1-2-3-4-5-6-7-8-9-10-11-12-13-14-15-16-17-18(19)20;1-2-3-4-5-6-7-8-9-10-11-12(13)14;4*4-1-3(6)2-5/h2-17H2,1H3,(H,19,20);2-11H2,1H3,(H,13,14);4*3-6H,1-2H2. The Morgan fingerprint density at radius 3 is 0.534 bits per heavy atom. The number of carboxylic acids is 2. The summed E-state index contributed by atoms with van der Waals surface area (Å²) in [5.74, 6) is -1.31. The van der Waals surface area contributed by atoms with Crippen LogP contribution in [0.2, 0.25) is 0 Å². The van der Waals surface area contributed by atoms with Crippen molar-refractivity contribution in [2.45, 2.75) is 205 Å². The zero-order chi connectivity index (χ0) is 45.5. The third-order valence-electron chi connectivity index (χ3n) is 8.17. The fourth-order valence-electron chi connectivity index (χ4n) is 4.47. The van der Waals surface area contributed by atoms with E-state index in [-0.39, 0.29) is 52.9 Å². The smallest absolute Gasteiger partial charge is 0.303 e. The average molecular weight is 853 g/mol. The molecule has 0 spiro atoms. The fourth-order valence-corrected chi connectivity index (χ4v) is 4.47. The molecule has 16 heteroatoms.